The van der Waals surface area contributed by atoms with E-state index in [4.69, 9.17) is 5.73 Å². The quantitative estimate of drug-likeness (QED) is 0.798. The van der Waals surface area contributed by atoms with Crippen molar-refractivity contribution in [3.63, 3.8) is 0 Å². The van der Waals surface area contributed by atoms with Gasteiger partial charge in [0.25, 0.3) is 0 Å². The van der Waals surface area contributed by atoms with Crippen molar-refractivity contribution in [2.75, 3.05) is 5.32 Å². The highest BCUT2D eigenvalue weighted by Gasteiger charge is 2.08. The molecule has 0 bridgehead atoms. The fourth-order valence-electron chi connectivity index (χ4n) is 1.56. The van der Waals surface area contributed by atoms with Gasteiger partial charge in [-0.1, -0.05) is 13.0 Å². The van der Waals surface area contributed by atoms with Crippen molar-refractivity contribution in [2.45, 2.75) is 46.2 Å². The summed E-state index contributed by atoms with van der Waals surface area (Å²) in [5, 5.41) is 3.28. The van der Waals surface area contributed by atoms with Gasteiger partial charge in [-0.3, -0.25) is 0 Å². The minimum atomic E-state index is 0.102. The molecular formula is C12H21N3. The molecule has 0 radical (unpaired) electrons. The summed E-state index contributed by atoms with van der Waals surface area (Å²) >= 11 is 0. The molecule has 1 atom stereocenters. The SMILES string of the molecule is CCC(N)c1ccc(NC(C)C)nc1C. The van der Waals surface area contributed by atoms with E-state index in [2.05, 4.69) is 37.1 Å². The first kappa shape index (κ1) is 12.0. The molecule has 0 aromatic carbocycles. The Hall–Kier alpha value is -1.09. The molecule has 0 spiro atoms. The molecule has 1 aromatic rings. The normalized spacial score (nSPS) is 12.9. The van der Waals surface area contributed by atoms with E-state index < -0.39 is 0 Å². The van der Waals surface area contributed by atoms with E-state index >= 15 is 0 Å². The molecular weight excluding hydrogens is 186 g/mol. The summed E-state index contributed by atoms with van der Waals surface area (Å²) in [5.41, 5.74) is 8.15. The molecule has 0 aliphatic carbocycles. The van der Waals surface area contributed by atoms with Crippen molar-refractivity contribution in [1.29, 1.82) is 0 Å². The lowest BCUT2D eigenvalue weighted by molar-refractivity contribution is 0.688. The van der Waals surface area contributed by atoms with Crippen LogP contribution in [0.4, 0.5) is 5.82 Å². The van der Waals surface area contributed by atoms with Gasteiger partial charge >= 0.3 is 0 Å². The van der Waals surface area contributed by atoms with Crippen LogP contribution >= 0.6 is 0 Å². The number of aromatic nitrogens is 1. The van der Waals surface area contributed by atoms with Gasteiger partial charge in [0.2, 0.25) is 0 Å². The summed E-state index contributed by atoms with van der Waals surface area (Å²) in [6, 6.07) is 4.58. The Labute approximate surface area is 92.1 Å². The topological polar surface area (TPSA) is 50.9 Å². The number of hydrogen-bond acceptors (Lipinski definition) is 3. The molecule has 84 valence electrons. The number of nitrogens with two attached hydrogens (primary N) is 1. The van der Waals surface area contributed by atoms with Crippen molar-refractivity contribution in [3.05, 3.63) is 23.4 Å². The predicted octanol–water partition coefficient (Wildman–Crippen LogP) is 2.62. The van der Waals surface area contributed by atoms with Crippen LogP contribution < -0.4 is 11.1 Å². The Morgan fingerprint density at radius 3 is 2.53 bits per heavy atom. The first-order valence-electron chi connectivity index (χ1n) is 5.54. The minimum Gasteiger partial charge on any atom is -0.368 e. The van der Waals surface area contributed by atoms with Crippen LogP contribution in [0.2, 0.25) is 0 Å². The Balaban J connectivity index is 2.88. The number of rotatable bonds is 4. The van der Waals surface area contributed by atoms with Crippen LogP contribution in [0.25, 0.3) is 0 Å². The second-order valence-electron chi connectivity index (χ2n) is 4.18. The molecule has 0 saturated carbocycles. The molecule has 1 unspecified atom stereocenters. The van der Waals surface area contributed by atoms with Crippen LogP contribution in [0, 0.1) is 6.92 Å². The molecule has 3 nitrogen and oxygen atoms in total. The van der Waals surface area contributed by atoms with E-state index in [1.807, 2.05) is 13.0 Å². The fourth-order valence-corrected chi connectivity index (χ4v) is 1.56. The summed E-state index contributed by atoms with van der Waals surface area (Å²) in [7, 11) is 0. The van der Waals surface area contributed by atoms with Crippen molar-refractivity contribution >= 4 is 5.82 Å². The molecule has 0 aliphatic rings. The van der Waals surface area contributed by atoms with Crippen LogP contribution in [0.3, 0.4) is 0 Å². The second-order valence-corrected chi connectivity index (χ2v) is 4.18. The van der Waals surface area contributed by atoms with Crippen LogP contribution in [-0.4, -0.2) is 11.0 Å². The molecule has 0 fully saturated rings. The molecule has 3 N–H and O–H groups in total. The summed E-state index contributed by atoms with van der Waals surface area (Å²) in [5.74, 6) is 0.926. The monoisotopic (exact) mass is 207 g/mol. The van der Waals surface area contributed by atoms with Gasteiger partial charge in [0.05, 0.1) is 0 Å². The van der Waals surface area contributed by atoms with Crippen LogP contribution in [0.1, 0.15) is 44.5 Å². The Bertz CT molecular complexity index is 321. The largest absolute Gasteiger partial charge is 0.368 e. The summed E-state index contributed by atoms with van der Waals surface area (Å²) < 4.78 is 0. The zero-order valence-electron chi connectivity index (χ0n) is 10.0. The number of nitrogens with one attached hydrogen (secondary N) is 1. The Kier molecular flexibility index (Phi) is 4.09. The van der Waals surface area contributed by atoms with Gasteiger partial charge < -0.3 is 11.1 Å². The van der Waals surface area contributed by atoms with Crippen LogP contribution in [0.15, 0.2) is 12.1 Å². The summed E-state index contributed by atoms with van der Waals surface area (Å²) in [6.45, 7) is 8.30. The number of hydrogen-bond donors (Lipinski definition) is 2. The van der Waals surface area contributed by atoms with Gasteiger partial charge in [0, 0.05) is 17.8 Å². The molecule has 1 heterocycles. The third kappa shape index (κ3) is 3.20. The van der Waals surface area contributed by atoms with Gasteiger partial charge in [-0.25, -0.2) is 4.98 Å². The molecule has 3 heteroatoms. The number of anilines is 1. The average molecular weight is 207 g/mol. The smallest absolute Gasteiger partial charge is 0.126 e. The first-order valence-corrected chi connectivity index (χ1v) is 5.54. The Morgan fingerprint density at radius 2 is 2.07 bits per heavy atom. The van der Waals surface area contributed by atoms with Crippen molar-refractivity contribution in [3.8, 4) is 0 Å². The summed E-state index contributed by atoms with van der Waals surface area (Å²) in [4.78, 5) is 4.49. The maximum atomic E-state index is 5.99. The van der Waals surface area contributed by atoms with E-state index in [1.165, 1.54) is 0 Å². The molecule has 1 rings (SSSR count). The zero-order chi connectivity index (χ0) is 11.4. The standard InChI is InChI=1S/C12H21N3/c1-5-11(13)10-6-7-12(14-8(2)3)15-9(10)4/h6-8,11H,5,13H2,1-4H3,(H,14,15). The number of nitrogens with zero attached hydrogens (tertiary/aromatic N) is 1. The lowest BCUT2D eigenvalue weighted by Gasteiger charge is -2.15. The van der Waals surface area contributed by atoms with E-state index in [0.717, 1.165) is 23.5 Å². The first-order chi connectivity index (χ1) is 7.04. The minimum absolute atomic E-state index is 0.102. The molecule has 0 amide bonds. The van der Waals surface area contributed by atoms with Gasteiger partial charge in [0.1, 0.15) is 5.82 Å². The third-order valence-electron chi connectivity index (χ3n) is 2.40. The maximum Gasteiger partial charge on any atom is 0.126 e. The van der Waals surface area contributed by atoms with Crippen molar-refractivity contribution < 1.29 is 0 Å². The molecule has 15 heavy (non-hydrogen) atoms. The second kappa shape index (κ2) is 5.12. The van der Waals surface area contributed by atoms with E-state index in [-0.39, 0.29) is 6.04 Å². The highest BCUT2D eigenvalue weighted by atomic mass is 15.0. The lowest BCUT2D eigenvalue weighted by atomic mass is 10.0. The molecule has 0 saturated heterocycles. The van der Waals surface area contributed by atoms with Crippen molar-refractivity contribution in [1.82, 2.24) is 4.98 Å². The van der Waals surface area contributed by atoms with Gasteiger partial charge in [-0.15, -0.1) is 0 Å². The highest BCUT2D eigenvalue weighted by Crippen LogP contribution is 2.18. The lowest BCUT2D eigenvalue weighted by Crippen LogP contribution is -2.14. The third-order valence-corrected chi connectivity index (χ3v) is 2.40. The zero-order valence-corrected chi connectivity index (χ0v) is 10.0. The van der Waals surface area contributed by atoms with Gasteiger partial charge in [0.15, 0.2) is 0 Å². The Morgan fingerprint density at radius 1 is 1.40 bits per heavy atom. The van der Waals surface area contributed by atoms with E-state index in [1.54, 1.807) is 0 Å². The maximum absolute atomic E-state index is 5.99. The average Bonchev–Trinajstić information content (AvgIpc) is 2.16. The van der Waals surface area contributed by atoms with Crippen molar-refractivity contribution in [2.24, 2.45) is 5.73 Å². The number of aryl methyl sites for hydroxylation is 1. The summed E-state index contributed by atoms with van der Waals surface area (Å²) in [6.07, 6.45) is 0.944. The number of pyridine rings is 1. The van der Waals surface area contributed by atoms with E-state index in [0.29, 0.717) is 6.04 Å². The fraction of sp³-hybridized carbons (Fsp3) is 0.583. The van der Waals surface area contributed by atoms with E-state index in [9.17, 15) is 0 Å². The molecule has 0 aliphatic heterocycles. The predicted molar refractivity (Wildman–Crippen MR) is 65.0 cm³/mol. The molecule has 1 aromatic heterocycles. The van der Waals surface area contributed by atoms with Crippen LogP contribution in [-0.2, 0) is 0 Å². The van der Waals surface area contributed by atoms with Gasteiger partial charge in [-0.05, 0) is 38.8 Å². The van der Waals surface area contributed by atoms with Crippen LogP contribution in [0.5, 0.6) is 0 Å². The van der Waals surface area contributed by atoms with Gasteiger partial charge in [-0.2, -0.15) is 0 Å². The highest BCUT2D eigenvalue weighted by molar-refractivity contribution is 5.40.